The molecule has 1 aromatic carbocycles. The van der Waals surface area contributed by atoms with Gasteiger partial charge in [0.05, 0.1) is 12.2 Å². The largest absolute Gasteiger partial charge is 0.346 e. The Bertz CT molecular complexity index is 576. The second kappa shape index (κ2) is 5.84. The summed E-state index contributed by atoms with van der Waals surface area (Å²) in [5, 5.41) is 8.09. The van der Waals surface area contributed by atoms with Gasteiger partial charge in [-0.25, -0.2) is 0 Å². The summed E-state index contributed by atoms with van der Waals surface area (Å²) in [6.45, 7) is 2.79. The van der Waals surface area contributed by atoms with Crippen molar-refractivity contribution < 1.29 is 0 Å². The average Bonchev–Trinajstić information content (AvgIpc) is 2.75. The van der Waals surface area contributed by atoms with Gasteiger partial charge in [-0.2, -0.15) is 5.10 Å². The Morgan fingerprint density at radius 3 is 2.84 bits per heavy atom. The van der Waals surface area contributed by atoms with E-state index in [0.29, 0.717) is 5.11 Å². The lowest BCUT2D eigenvalue weighted by molar-refractivity contribution is 0.482. The van der Waals surface area contributed by atoms with Crippen molar-refractivity contribution in [3.63, 3.8) is 0 Å². The Morgan fingerprint density at radius 2 is 2.21 bits per heavy atom. The first kappa shape index (κ1) is 13.5. The summed E-state index contributed by atoms with van der Waals surface area (Å²) < 4.78 is 1.85. The van der Waals surface area contributed by atoms with Crippen LogP contribution >= 0.6 is 12.2 Å². The van der Waals surface area contributed by atoms with Gasteiger partial charge < -0.3 is 10.2 Å². The van der Waals surface area contributed by atoms with Crippen molar-refractivity contribution in [3.8, 4) is 0 Å². The minimum atomic E-state index is 0.701. The zero-order valence-corrected chi connectivity index (χ0v) is 12.2. The summed E-state index contributed by atoms with van der Waals surface area (Å²) in [6, 6.07) is 10.2. The van der Waals surface area contributed by atoms with Crippen molar-refractivity contribution in [1.82, 2.24) is 14.7 Å². The number of nitrogens with one attached hydrogen (secondary N) is 1. The lowest BCUT2D eigenvalue weighted by Crippen LogP contribution is -2.31. The topological polar surface area (TPSA) is 33.1 Å². The number of thiocarbonyl (C=S) groups is 1. The second-order valence-electron chi connectivity index (χ2n) is 4.60. The predicted molar refractivity (Wildman–Crippen MR) is 82.1 cm³/mol. The van der Waals surface area contributed by atoms with Crippen LogP contribution in [0.3, 0.4) is 0 Å². The van der Waals surface area contributed by atoms with Gasteiger partial charge in [0, 0.05) is 26.0 Å². The van der Waals surface area contributed by atoms with Crippen LogP contribution in [0.4, 0.5) is 5.69 Å². The van der Waals surface area contributed by atoms with Gasteiger partial charge in [-0.15, -0.1) is 0 Å². The highest BCUT2D eigenvalue weighted by Crippen LogP contribution is 2.11. The van der Waals surface area contributed by atoms with Gasteiger partial charge in [0.2, 0.25) is 0 Å². The van der Waals surface area contributed by atoms with Crippen LogP contribution in [0.25, 0.3) is 0 Å². The number of aryl methyl sites for hydroxylation is 2. The highest BCUT2D eigenvalue weighted by Gasteiger charge is 2.07. The summed E-state index contributed by atoms with van der Waals surface area (Å²) in [4.78, 5) is 1.99. The van der Waals surface area contributed by atoms with Gasteiger partial charge in [-0.3, -0.25) is 4.68 Å². The van der Waals surface area contributed by atoms with Crippen LogP contribution in [0.2, 0.25) is 0 Å². The first-order valence-electron chi connectivity index (χ1n) is 6.12. The van der Waals surface area contributed by atoms with Crippen molar-refractivity contribution in [2.45, 2.75) is 13.5 Å². The molecular weight excluding hydrogens is 256 g/mol. The Labute approximate surface area is 119 Å². The van der Waals surface area contributed by atoms with Crippen molar-refractivity contribution in [2.75, 3.05) is 12.4 Å². The maximum absolute atomic E-state index is 5.40. The Hall–Kier alpha value is -1.88. The van der Waals surface area contributed by atoms with Crippen molar-refractivity contribution in [1.29, 1.82) is 0 Å². The van der Waals surface area contributed by atoms with E-state index < -0.39 is 0 Å². The Balaban J connectivity index is 1.98. The molecule has 0 aliphatic heterocycles. The molecule has 0 saturated carbocycles. The van der Waals surface area contributed by atoms with Crippen LogP contribution in [0.1, 0.15) is 11.3 Å². The molecule has 1 N–H and O–H groups in total. The van der Waals surface area contributed by atoms with Crippen molar-refractivity contribution in [3.05, 3.63) is 47.8 Å². The fraction of sp³-hybridized carbons (Fsp3) is 0.286. The van der Waals surface area contributed by atoms with E-state index >= 15 is 0 Å². The van der Waals surface area contributed by atoms with Gasteiger partial charge >= 0.3 is 0 Å². The summed E-state index contributed by atoms with van der Waals surface area (Å²) in [5.41, 5.74) is 3.35. The van der Waals surface area contributed by atoms with Crippen LogP contribution in [0, 0.1) is 6.92 Å². The van der Waals surface area contributed by atoms with E-state index in [1.54, 1.807) is 6.20 Å². The molecule has 0 atom stereocenters. The Morgan fingerprint density at radius 1 is 1.42 bits per heavy atom. The smallest absolute Gasteiger partial charge is 0.173 e. The van der Waals surface area contributed by atoms with Crippen LogP contribution in [-0.2, 0) is 13.6 Å². The fourth-order valence-electron chi connectivity index (χ4n) is 1.81. The average molecular weight is 274 g/mol. The lowest BCUT2D eigenvalue weighted by atomic mass is 10.2. The summed E-state index contributed by atoms with van der Waals surface area (Å²) in [6.07, 6.45) is 1.79. The number of anilines is 1. The third-order valence-electron chi connectivity index (χ3n) is 2.94. The molecule has 4 nitrogen and oxygen atoms in total. The molecule has 0 saturated heterocycles. The van der Waals surface area contributed by atoms with E-state index in [4.69, 9.17) is 12.2 Å². The number of aromatic nitrogens is 2. The first-order chi connectivity index (χ1) is 9.06. The maximum atomic E-state index is 5.40. The number of rotatable bonds is 3. The molecule has 2 aromatic rings. The molecule has 0 fully saturated rings. The monoisotopic (exact) mass is 274 g/mol. The SMILES string of the molecule is Cc1cccc(NC(=S)N(C)Cc2ccnn2C)c1. The normalized spacial score (nSPS) is 10.3. The van der Waals surface area contributed by atoms with Gasteiger partial charge in [0.25, 0.3) is 0 Å². The number of hydrogen-bond acceptors (Lipinski definition) is 2. The van der Waals surface area contributed by atoms with E-state index in [9.17, 15) is 0 Å². The molecule has 0 amide bonds. The van der Waals surface area contributed by atoms with Crippen LogP contribution in [0.15, 0.2) is 36.5 Å². The molecule has 100 valence electrons. The molecule has 1 heterocycles. The van der Waals surface area contributed by atoms with E-state index in [2.05, 4.69) is 29.5 Å². The maximum Gasteiger partial charge on any atom is 0.173 e. The standard InChI is InChI=1S/C14H18N4S/c1-11-5-4-6-12(9-11)16-14(19)17(2)10-13-7-8-15-18(13)3/h4-9H,10H2,1-3H3,(H,16,19). The van der Waals surface area contributed by atoms with E-state index in [-0.39, 0.29) is 0 Å². The fourth-order valence-corrected chi connectivity index (χ4v) is 2.00. The molecule has 0 aliphatic carbocycles. The van der Waals surface area contributed by atoms with Crippen LogP contribution < -0.4 is 5.32 Å². The first-order valence-corrected chi connectivity index (χ1v) is 6.53. The van der Waals surface area contributed by atoms with Gasteiger partial charge in [-0.05, 0) is 42.9 Å². The molecule has 0 bridgehead atoms. The summed E-state index contributed by atoms with van der Waals surface area (Å²) in [7, 11) is 3.90. The zero-order valence-electron chi connectivity index (χ0n) is 11.4. The molecule has 0 spiro atoms. The van der Waals surface area contributed by atoms with E-state index in [1.165, 1.54) is 5.56 Å². The molecule has 5 heteroatoms. The molecule has 0 unspecified atom stereocenters. The van der Waals surface area contributed by atoms with Gasteiger partial charge in [0.1, 0.15) is 0 Å². The number of benzene rings is 1. The highest BCUT2D eigenvalue weighted by atomic mass is 32.1. The quantitative estimate of drug-likeness (QED) is 0.872. The number of nitrogens with zero attached hydrogens (tertiary/aromatic N) is 3. The molecule has 2 rings (SSSR count). The van der Waals surface area contributed by atoms with Crippen LogP contribution in [0.5, 0.6) is 0 Å². The molecule has 0 radical (unpaired) electrons. The third-order valence-corrected chi connectivity index (χ3v) is 3.35. The molecule has 1 aromatic heterocycles. The van der Waals surface area contributed by atoms with Crippen molar-refractivity contribution >= 4 is 23.0 Å². The van der Waals surface area contributed by atoms with E-state index in [0.717, 1.165) is 17.9 Å². The Kier molecular flexibility index (Phi) is 4.16. The summed E-state index contributed by atoms with van der Waals surface area (Å²) >= 11 is 5.40. The zero-order chi connectivity index (χ0) is 13.8. The minimum Gasteiger partial charge on any atom is -0.346 e. The van der Waals surface area contributed by atoms with Crippen LogP contribution in [-0.4, -0.2) is 26.8 Å². The summed E-state index contributed by atoms with van der Waals surface area (Å²) in [5.74, 6) is 0. The van der Waals surface area contributed by atoms with Crippen molar-refractivity contribution in [2.24, 2.45) is 7.05 Å². The van der Waals surface area contributed by atoms with E-state index in [1.807, 2.05) is 41.9 Å². The molecular formula is C14H18N4S. The third kappa shape index (κ3) is 3.54. The molecule has 19 heavy (non-hydrogen) atoms. The highest BCUT2D eigenvalue weighted by molar-refractivity contribution is 7.80. The number of hydrogen-bond donors (Lipinski definition) is 1. The van der Waals surface area contributed by atoms with Gasteiger partial charge in [0.15, 0.2) is 5.11 Å². The predicted octanol–water partition coefficient (Wildman–Crippen LogP) is 2.56. The molecule has 0 aliphatic rings. The lowest BCUT2D eigenvalue weighted by Gasteiger charge is -2.21. The second-order valence-corrected chi connectivity index (χ2v) is 4.99. The van der Waals surface area contributed by atoms with Gasteiger partial charge in [-0.1, -0.05) is 12.1 Å². The minimum absolute atomic E-state index is 0.701.